The summed E-state index contributed by atoms with van der Waals surface area (Å²) in [6.07, 6.45) is 1.33. The van der Waals surface area contributed by atoms with E-state index in [1.807, 2.05) is 0 Å². The lowest BCUT2D eigenvalue weighted by Crippen LogP contribution is -2.32. The average molecular weight is 414 g/mol. The number of amides is 3. The summed E-state index contributed by atoms with van der Waals surface area (Å²) >= 11 is 0. The quantitative estimate of drug-likeness (QED) is 0.318. The summed E-state index contributed by atoms with van der Waals surface area (Å²) in [5, 5.41) is 6.20. The number of carbonyl (C=O) groups excluding carboxylic acids is 3. The zero-order valence-electron chi connectivity index (χ0n) is 16.5. The molecule has 158 valence electrons. The molecule has 0 fully saturated rings. The summed E-state index contributed by atoms with van der Waals surface area (Å²) in [6, 6.07) is 11.3. The van der Waals surface area contributed by atoms with Crippen LogP contribution in [0.25, 0.3) is 0 Å². The first-order chi connectivity index (χ1) is 14.4. The summed E-state index contributed by atoms with van der Waals surface area (Å²) in [7, 11) is 1.53. The molecule has 2 aromatic rings. The van der Waals surface area contributed by atoms with Gasteiger partial charge in [-0.2, -0.15) is 5.10 Å². The van der Waals surface area contributed by atoms with Crippen LogP contribution in [0.4, 0.5) is 5.69 Å². The maximum Gasteiger partial charge on any atom is 0.329 e. The number of carbonyl (C=O) groups is 3. The van der Waals surface area contributed by atoms with Crippen molar-refractivity contribution in [2.24, 2.45) is 10.8 Å². The molecule has 0 radical (unpaired) electrons. The van der Waals surface area contributed by atoms with Gasteiger partial charge in [-0.3, -0.25) is 14.4 Å². The molecule has 2 rings (SSSR count). The van der Waals surface area contributed by atoms with Crippen molar-refractivity contribution in [3.63, 3.8) is 0 Å². The number of hydrogen-bond acceptors (Lipinski definition) is 7. The van der Waals surface area contributed by atoms with Crippen LogP contribution in [0.15, 0.2) is 47.6 Å². The molecule has 0 spiro atoms. The number of methoxy groups -OCH3 is 1. The van der Waals surface area contributed by atoms with Crippen LogP contribution in [0.2, 0.25) is 0 Å². The fourth-order valence-corrected chi connectivity index (χ4v) is 2.22. The second-order valence-corrected chi connectivity index (χ2v) is 5.78. The molecule has 0 saturated carbocycles. The van der Waals surface area contributed by atoms with Gasteiger partial charge < -0.3 is 25.3 Å². The third kappa shape index (κ3) is 6.82. The molecule has 0 saturated heterocycles. The number of benzene rings is 2. The number of nitrogens with one attached hydrogen (secondary N) is 2. The molecule has 4 N–H and O–H groups in total. The van der Waals surface area contributed by atoms with Crippen molar-refractivity contribution in [2.45, 2.75) is 6.92 Å². The Morgan fingerprint density at radius 3 is 2.40 bits per heavy atom. The number of hydrogen-bond donors (Lipinski definition) is 3. The molecule has 3 amide bonds. The zero-order chi connectivity index (χ0) is 21.9. The number of anilines is 1. The lowest BCUT2D eigenvalue weighted by molar-refractivity contribution is -0.136. The first-order valence-corrected chi connectivity index (χ1v) is 8.89. The number of nitrogens with two attached hydrogens (primary N) is 1. The fourth-order valence-electron chi connectivity index (χ4n) is 2.22. The Bertz CT molecular complexity index is 927. The van der Waals surface area contributed by atoms with E-state index in [0.29, 0.717) is 35.1 Å². The SMILES string of the molecule is CCOc1cc(/C=N/NC(=O)C(=O)Nc2ccc(OC)cc2)ccc1OCC(N)=O. The van der Waals surface area contributed by atoms with Crippen molar-refractivity contribution in [3.05, 3.63) is 48.0 Å². The number of rotatable bonds is 9. The molecule has 0 bridgehead atoms. The van der Waals surface area contributed by atoms with E-state index in [4.69, 9.17) is 19.9 Å². The molecule has 2 aromatic carbocycles. The zero-order valence-corrected chi connectivity index (χ0v) is 16.5. The summed E-state index contributed by atoms with van der Waals surface area (Å²) in [5.41, 5.74) is 8.22. The summed E-state index contributed by atoms with van der Waals surface area (Å²) in [6.45, 7) is 1.88. The van der Waals surface area contributed by atoms with Crippen molar-refractivity contribution in [1.82, 2.24) is 5.43 Å². The molecule has 10 nitrogen and oxygen atoms in total. The molecule has 0 aliphatic rings. The molecular weight excluding hydrogens is 392 g/mol. The summed E-state index contributed by atoms with van der Waals surface area (Å²) < 4.78 is 15.8. The first-order valence-electron chi connectivity index (χ1n) is 8.89. The Hall–Kier alpha value is -4.08. The monoisotopic (exact) mass is 414 g/mol. The minimum absolute atomic E-state index is 0.285. The van der Waals surface area contributed by atoms with E-state index >= 15 is 0 Å². The summed E-state index contributed by atoms with van der Waals surface area (Å²) in [4.78, 5) is 34.7. The van der Waals surface area contributed by atoms with Crippen molar-refractivity contribution in [1.29, 1.82) is 0 Å². The van der Waals surface area contributed by atoms with Crippen LogP contribution in [-0.4, -0.2) is 44.3 Å². The van der Waals surface area contributed by atoms with Gasteiger partial charge in [0.1, 0.15) is 5.75 Å². The lowest BCUT2D eigenvalue weighted by Gasteiger charge is -2.11. The summed E-state index contributed by atoms with van der Waals surface area (Å²) in [5.74, 6) is -1.07. The first kappa shape index (κ1) is 22.2. The van der Waals surface area contributed by atoms with Crippen LogP contribution in [-0.2, 0) is 14.4 Å². The molecule has 0 aromatic heterocycles. The topological polar surface area (TPSA) is 141 Å². The van der Waals surface area contributed by atoms with Gasteiger partial charge in [0, 0.05) is 5.69 Å². The van der Waals surface area contributed by atoms with E-state index < -0.39 is 17.7 Å². The number of primary amides is 1. The Morgan fingerprint density at radius 2 is 1.77 bits per heavy atom. The predicted octanol–water partition coefficient (Wildman–Crippen LogP) is 1.05. The van der Waals surface area contributed by atoms with Gasteiger partial charge in [-0.1, -0.05) is 0 Å². The maximum absolute atomic E-state index is 11.9. The molecule has 0 atom stereocenters. The van der Waals surface area contributed by atoms with Crippen molar-refractivity contribution >= 4 is 29.6 Å². The molecule has 0 heterocycles. The van der Waals surface area contributed by atoms with Gasteiger partial charge in [-0.05, 0) is 55.0 Å². The van der Waals surface area contributed by atoms with Crippen LogP contribution < -0.4 is 30.7 Å². The van der Waals surface area contributed by atoms with Crippen molar-refractivity contribution in [2.75, 3.05) is 25.6 Å². The molecule has 0 unspecified atom stereocenters. The third-order valence-corrected chi connectivity index (χ3v) is 3.57. The van der Waals surface area contributed by atoms with Gasteiger partial charge in [-0.15, -0.1) is 0 Å². The van der Waals surface area contributed by atoms with E-state index in [-0.39, 0.29) is 6.61 Å². The Labute approximate surface area is 173 Å². The van der Waals surface area contributed by atoms with E-state index in [9.17, 15) is 14.4 Å². The number of hydrazone groups is 1. The standard InChI is InChI=1S/C20H22N4O6/c1-3-29-17-10-13(4-9-16(17)30-12-18(21)25)11-22-24-20(27)19(26)23-14-5-7-15(28-2)8-6-14/h4-11H,3,12H2,1-2H3,(H2,21,25)(H,23,26)(H,24,27)/b22-11+. The van der Waals surface area contributed by atoms with Crippen LogP contribution >= 0.6 is 0 Å². The highest BCUT2D eigenvalue weighted by molar-refractivity contribution is 6.39. The lowest BCUT2D eigenvalue weighted by atomic mass is 10.2. The number of ether oxygens (including phenoxy) is 3. The molecule has 0 aliphatic heterocycles. The van der Waals surface area contributed by atoms with Crippen LogP contribution in [0.1, 0.15) is 12.5 Å². The molecule has 30 heavy (non-hydrogen) atoms. The second-order valence-electron chi connectivity index (χ2n) is 5.78. The highest BCUT2D eigenvalue weighted by Gasteiger charge is 2.13. The third-order valence-electron chi connectivity index (χ3n) is 3.57. The highest BCUT2D eigenvalue weighted by atomic mass is 16.5. The highest BCUT2D eigenvalue weighted by Crippen LogP contribution is 2.28. The average Bonchev–Trinajstić information content (AvgIpc) is 2.73. The number of nitrogens with zero attached hydrogens (tertiary/aromatic N) is 1. The minimum atomic E-state index is -0.937. The Morgan fingerprint density at radius 1 is 1.03 bits per heavy atom. The Kier molecular flexibility index (Phi) is 8.18. The van der Waals surface area contributed by atoms with Gasteiger partial charge >= 0.3 is 11.8 Å². The fraction of sp³-hybridized carbons (Fsp3) is 0.200. The van der Waals surface area contributed by atoms with E-state index in [0.717, 1.165) is 0 Å². The molecule has 0 aliphatic carbocycles. The van der Waals surface area contributed by atoms with Crippen LogP contribution in [0.5, 0.6) is 17.2 Å². The van der Waals surface area contributed by atoms with Gasteiger partial charge in [0.15, 0.2) is 18.1 Å². The van der Waals surface area contributed by atoms with Gasteiger partial charge in [0.25, 0.3) is 5.91 Å². The van der Waals surface area contributed by atoms with E-state index in [2.05, 4.69) is 15.8 Å². The van der Waals surface area contributed by atoms with Gasteiger partial charge in [0.05, 0.1) is 19.9 Å². The largest absolute Gasteiger partial charge is 0.497 e. The molecule has 10 heteroatoms. The van der Waals surface area contributed by atoms with Crippen molar-refractivity contribution < 1.29 is 28.6 Å². The molecular formula is C20H22N4O6. The Balaban J connectivity index is 1.95. The minimum Gasteiger partial charge on any atom is -0.497 e. The van der Waals surface area contributed by atoms with Crippen LogP contribution in [0, 0.1) is 0 Å². The van der Waals surface area contributed by atoms with E-state index in [1.54, 1.807) is 49.4 Å². The maximum atomic E-state index is 11.9. The van der Waals surface area contributed by atoms with Crippen LogP contribution in [0.3, 0.4) is 0 Å². The predicted molar refractivity (Wildman–Crippen MR) is 110 cm³/mol. The van der Waals surface area contributed by atoms with Gasteiger partial charge in [-0.25, -0.2) is 5.43 Å². The van der Waals surface area contributed by atoms with Gasteiger partial charge in [0.2, 0.25) is 0 Å². The normalized spacial score (nSPS) is 10.3. The van der Waals surface area contributed by atoms with E-state index in [1.165, 1.54) is 13.3 Å². The smallest absolute Gasteiger partial charge is 0.329 e. The second kappa shape index (κ2) is 11.1. The van der Waals surface area contributed by atoms with Crippen molar-refractivity contribution in [3.8, 4) is 17.2 Å².